The number of Topliss-reactive ketones (excluding diaryl/α,β-unsaturated/α-hetero) is 2. The molecule has 0 radical (unpaired) electrons. The molecule has 0 aliphatic carbocycles. The van der Waals surface area contributed by atoms with Crippen molar-refractivity contribution in [3.05, 3.63) is 0 Å². The number of hydrogen-bond donors (Lipinski definition) is 1. The molecule has 0 spiro atoms. The van der Waals surface area contributed by atoms with Gasteiger partial charge in [0, 0.05) is 18.8 Å². The Balaban J connectivity index is 4.21. The Morgan fingerprint density at radius 3 is 2.38 bits per heavy atom. The second-order valence-electron chi connectivity index (χ2n) is 3.71. The van der Waals surface area contributed by atoms with Gasteiger partial charge in [-0.3, -0.25) is 9.59 Å². The molecule has 88 valence electrons. The van der Waals surface area contributed by atoms with E-state index in [4.69, 9.17) is 5.41 Å². The van der Waals surface area contributed by atoms with Gasteiger partial charge in [-0.15, -0.1) is 0 Å². The SMILES string of the molecule is CCC#CC(=O)CCC(CC)C(=O)C(C)=N. The summed E-state index contributed by atoms with van der Waals surface area (Å²) in [5.41, 5.74) is 0.0685. The zero-order valence-corrected chi connectivity index (χ0v) is 10.2. The highest BCUT2D eigenvalue weighted by molar-refractivity contribution is 6.38. The molecule has 0 saturated heterocycles. The third kappa shape index (κ3) is 5.45. The summed E-state index contributed by atoms with van der Waals surface area (Å²) < 4.78 is 0. The van der Waals surface area contributed by atoms with Gasteiger partial charge in [-0.1, -0.05) is 19.8 Å². The van der Waals surface area contributed by atoms with Crippen LogP contribution in [0.3, 0.4) is 0 Å². The van der Waals surface area contributed by atoms with Crippen molar-refractivity contribution in [2.45, 2.75) is 46.5 Å². The maximum absolute atomic E-state index is 11.5. The number of ketones is 2. The van der Waals surface area contributed by atoms with Crippen molar-refractivity contribution in [1.29, 1.82) is 5.41 Å². The highest BCUT2D eigenvalue weighted by Gasteiger charge is 2.18. The molecule has 1 unspecified atom stereocenters. The normalized spacial score (nSPS) is 11.2. The highest BCUT2D eigenvalue weighted by Crippen LogP contribution is 2.13. The lowest BCUT2D eigenvalue weighted by atomic mass is 9.92. The molecular weight excluding hydrogens is 202 g/mol. The predicted molar refractivity (Wildman–Crippen MR) is 64.5 cm³/mol. The van der Waals surface area contributed by atoms with E-state index in [1.807, 2.05) is 13.8 Å². The van der Waals surface area contributed by atoms with Crippen LogP contribution in [-0.2, 0) is 9.59 Å². The summed E-state index contributed by atoms with van der Waals surface area (Å²) in [4.78, 5) is 22.8. The van der Waals surface area contributed by atoms with Crippen molar-refractivity contribution in [2.75, 3.05) is 0 Å². The molecule has 0 aliphatic rings. The molecule has 0 amide bonds. The Bertz CT molecular complexity index is 334. The Hall–Kier alpha value is -1.43. The van der Waals surface area contributed by atoms with Crippen molar-refractivity contribution in [3.63, 3.8) is 0 Å². The van der Waals surface area contributed by atoms with Crippen LogP contribution >= 0.6 is 0 Å². The third-order valence-electron chi connectivity index (χ3n) is 2.36. The molecule has 0 aliphatic heterocycles. The van der Waals surface area contributed by atoms with Gasteiger partial charge < -0.3 is 5.41 Å². The largest absolute Gasteiger partial charge is 0.302 e. The molecule has 1 N–H and O–H groups in total. The third-order valence-corrected chi connectivity index (χ3v) is 2.36. The van der Waals surface area contributed by atoms with Crippen LogP contribution in [0.5, 0.6) is 0 Å². The number of nitrogens with one attached hydrogen (secondary N) is 1. The van der Waals surface area contributed by atoms with Crippen molar-refractivity contribution >= 4 is 17.3 Å². The summed E-state index contributed by atoms with van der Waals surface area (Å²) in [6.07, 6.45) is 2.15. The molecule has 0 bridgehead atoms. The lowest BCUT2D eigenvalue weighted by Crippen LogP contribution is -2.21. The van der Waals surface area contributed by atoms with Crippen LogP contribution in [-0.4, -0.2) is 17.3 Å². The molecule has 0 heterocycles. The van der Waals surface area contributed by atoms with E-state index in [1.165, 1.54) is 6.92 Å². The maximum atomic E-state index is 11.5. The lowest BCUT2D eigenvalue weighted by Gasteiger charge is -2.10. The minimum absolute atomic E-state index is 0.0685. The van der Waals surface area contributed by atoms with Gasteiger partial charge in [0.15, 0.2) is 5.78 Å². The molecule has 0 fully saturated rings. The van der Waals surface area contributed by atoms with E-state index >= 15 is 0 Å². The topological polar surface area (TPSA) is 58.0 Å². The summed E-state index contributed by atoms with van der Waals surface area (Å²) in [5.74, 6) is 4.77. The van der Waals surface area contributed by atoms with Crippen LogP contribution in [0.15, 0.2) is 0 Å². The predicted octanol–water partition coefficient (Wildman–Crippen LogP) is 2.38. The van der Waals surface area contributed by atoms with E-state index in [2.05, 4.69) is 11.8 Å². The standard InChI is InChI=1S/C13H19NO2/c1-4-6-7-12(15)9-8-11(5-2)13(16)10(3)14/h11,14H,4-5,8-9H2,1-3H3. The van der Waals surface area contributed by atoms with Crippen molar-refractivity contribution in [1.82, 2.24) is 0 Å². The Kier molecular flexibility index (Phi) is 7.11. The van der Waals surface area contributed by atoms with E-state index in [0.29, 0.717) is 25.7 Å². The average molecular weight is 221 g/mol. The number of carbonyl (C=O) groups excluding carboxylic acids is 2. The molecular formula is C13H19NO2. The van der Waals surface area contributed by atoms with Crippen LogP contribution in [0.2, 0.25) is 0 Å². The highest BCUT2D eigenvalue weighted by atomic mass is 16.1. The summed E-state index contributed by atoms with van der Waals surface area (Å²) >= 11 is 0. The molecule has 3 heteroatoms. The fourth-order valence-corrected chi connectivity index (χ4v) is 1.38. The van der Waals surface area contributed by atoms with Crippen molar-refractivity contribution in [2.24, 2.45) is 5.92 Å². The van der Waals surface area contributed by atoms with Crippen LogP contribution < -0.4 is 0 Å². The zero-order chi connectivity index (χ0) is 12.6. The van der Waals surface area contributed by atoms with Gasteiger partial charge >= 0.3 is 0 Å². The Morgan fingerprint density at radius 2 is 1.94 bits per heavy atom. The first-order valence-electron chi connectivity index (χ1n) is 5.63. The van der Waals surface area contributed by atoms with E-state index in [-0.39, 0.29) is 23.2 Å². The van der Waals surface area contributed by atoms with Gasteiger partial charge in [0.1, 0.15) is 0 Å². The Morgan fingerprint density at radius 1 is 1.31 bits per heavy atom. The number of hydrogen-bond acceptors (Lipinski definition) is 3. The molecule has 16 heavy (non-hydrogen) atoms. The van der Waals surface area contributed by atoms with E-state index in [1.54, 1.807) is 0 Å². The van der Waals surface area contributed by atoms with Crippen LogP contribution in [0.25, 0.3) is 0 Å². The zero-order valence-electron chi connectivity index (χ0n) is 10.2. The van der Waals surface area contributed by atoms with Gasteiger partial charge in [-0.25, -0.2) is 0 Å². The summed E-state index contributed by atoms with van der Waals surface area (Å²) in [5, 5.41) is 7.27. The molecule has 0 rings (SSSR count). The smallest absolute Gasteiger partial charge is 0.205 e. The van der Waals surface area contributed by atoms with E-state index in [9.17, 15) is 9.59 Å². The average Bonchev–Trinajstić information content (AvgIpc) is 2.26. The van der Waals surface area contributed by atoms with Crippen LogP contribution in [0, 0.1) is 23.2 Å². The minimum atomic E-state index is -0.204. The summed E-state index contributed by atoms with van der Waals surface area (Å²) in [6.45, 7) is 5.27. The number of rotatable bonds is 6. The maximum Gasteiger partial charge on any atom is 0.205 e. The quantitative estimate of drug-likeness (QED) is 0.425. The fraction of sp³-hybridized carbons (Fsp3) is 0.615. The summed E-state index contributed by atoms with van der Waals surface area (Å²) in [7, 11) is 0. The molecule has 0 aromatic heterocycles. The first-order valence-corrected chi connectivity index (χ1v) is 5.63. The van der Waals surface area contributed by atoms with Crippen molar-refractivity contribution in [3.8, 4) is 11.8 Å². The second kappa shape index (κ2) is 7.81. The monoisotopic (exact) mass is 221 g/mol. The van der Waals surface area contributed by atoms with Crippen LogP contribution in [0.4, 0.5) is 0 Å². The molecule has 3 nitrogen and oxygen atoms in total. The molecule has 1 atom stereocenters. The molecule has 0 saturated carbocycles. The molecule has 0 aromatic carbocycles. The lowest BCUT2D eigenvalue weighted by molar-refractivity contribution is -0.117. The van der Waals surface area contributed by atoms with Gasteiger partial charge in [-0.2, -0.15) is 0 Å². The van der Waals surface area contributed by atoms with Gasteiger partial charge in [-0.05, 0) is 25.7 Å². The molecule has 0 aromatic rings. The van der Waals surface area contributed by atoms with E-state index < -0.39 is 0 Å². The Labute approximate surface area is 97.1 Å². The van der Waals surface area contributed by atoms with E-state index in [0.717, 1.165) is 0 Å². The number of carbonyl (C=O) groups is 2. The van der Waals surface area contributed by atoms with Gasteiger partial charge in [0.2, 0.25) is 5.78 Å². The first kappa shape index (κ1) is 14.6. The van der Waals surface area contributed by atoms with Crippen molar-refractivity contribution < 1.29 is 9.59 Å². The first-order chi connectivity index (χ1) is 7.52. The summed E-state index contributed by atoms with van der Waals surface area (Å²) in [6, 6.07) is 0. The van der Waals surface area contributed by atoms with Gasteiger partial charge in [0.05, 0.1) is 5.71 Å². The second-order valence-corrected chi connectivity index (χ2v) is 3.71. The van der Waals surface area contributed by atoms with Crippen LogP contribution in [0.1, 0.15) is 46.5 Å². The fourth-order valence-electron chi connectivity index (χ4n) is 1.38. The minimum Gasteiger partial charge on any atom is -0.302 e. The van der Waals surface area contributed by atoms with Gasteiger partial charge in [0.25, 0.3) is 0 Å².